The van der Waals surface area contributed by atoms with E-state index in [1.807, 2.05) is 30.9 Å². The van der Waals surface area contributed by atoms with Crippen LogP contribution in [0.5, 0.6) is 0 Å². The van der Waals surface area contributed by atoms with Crippen LogP contribution in [0, 0.1) is 0 Å². The van der Waals surface area contributed by atoms with E-state index in [1.165, 1.54) is 11.1 Å². The Hall–Kier alpha value is -1.39. The fraction of sp³-hybridized carbons (Fsp3) is 0.533. The Bertz CT molecular complexity index is 491. The Morgan fingerprint density at radius 1 is 1.21 bits per heavy atom. The lowest BCUT2D eigenvalue weighted by Crippen LogP contribution is -2.48. The Balaban J connectivity index is 1.80. The van der Waals surface area contributed by atoms with Crippen molar-refractivity contribution in [2.75, 3.05) is 13.1 Å². The summed E-state index contributed by atoms with van der Waals surface area (Å²) in [4.78, 5) is 14.4. The Morgan fingerprint density at radius 3 is 2.63 bits per heavy atom. The van der Waals surface area contributed by atoms with Gasteiger partial charge in [0.1, 0.15) is 0 Å². The van der Waals surface area contributed by atoms with Gasteiger partial charge in [0.15, 0.2) is 0 Å². The van der Waals surface area contributed by atoms with E-state index in [9.17, 15) is 4.79 Å². The minimum Gasteiger partial charge on any atom is -0.372 e. The van der Waals surface area contributed by atoms with E-state index in [1.54, 1.807) is 0 Å². The van der Waals surface area contributed by atoms with Crippen molar-refractivity contribution in [1.82, 2.24) is 10.2 Å². The van der Waals surface area contributed by atoms with E-state index >= 15 is 0 Å². The maximum Gasteiger partial charge on any atom is 0.254 e. The molecule has 1 saturated heterocycles. The highest BCUT2D eigenvalue weighted by Crippen LogP contribution is 2.20. The van der Waals surface area contributed by atoms with Crippen molar-refractivity contribution in [1.29, 1.82) is 0 Å². The molecule has 0 aliphatic carbocycles. The molecule has 1 aromatic rings. The quantitative estimate of drug-likeness (QED) is 0.833. The molecule has 4 nitrogen and oxygen atoms in total. The first-order valence-corrected chi connectivity index (χ1v) is 6.91. The van der Waals surface area contributed by atoms with Crippen LogP contribution in [0.3, 0.4) is 0 Å². The zero-order valence-electron chi connectivity index (χ0n) is 11.5. The predicted molar refractivity (Wildman–Crippen MR) is 72.9 cm³/mol. The number of amides is 1. The highest BCUT2D eigenvalue weighted by atomic mass is 16.5. The van der Waals surface area contributed by atoms with Gasteiger partial charge in [-0.05, 0) is 37.1 Å². The maximum absolute atomic E-state index is 12.5. The van der Waals surface area contributed by atoms with Crippen molar-refractivity contribution in [3.05, 3.63) is 34.9 Å². The molecule has 2 unspecified atom stereocenters. The predicted octanol–water partition coefficient (Wildman–Crippen LogP) is 1.54. The molecule has 2 atom stereocenters. The van der Waals surface area contributed by atoms with E-state index in [0.717, 1.165) is 18.7 Å². The first kappa shape index (κ1) is 12.6. The highest BCUT2D eigenvalue weighted by molar-refractivity contribution is 5.94. The number of hydrogen-bond acceptors (Lipinski definition) is 3. The Labute approximate surface area is 113 Å². The zero-order chi connectivity index (χ0) is 13.4. The molecule has 2 aliphatic heterocycles. The molecule has 1 amide bonds. The lowest BCUT2D eigenvalue weighted by Gasteiger charge is -2.35. The zero-order valence-corrected chi connectivity index (χ0v) is 11.5. The van der Waals surface area contributed by atoms with Crippen molar-refractivity contribution in [2.45, 2.75) is 39.1 Å². The molecule has 1 fully saturated rings. The largest absolute Gasteiger partial charge is 0.372 e. The van der Waals surface area contributed by atoms with Crippen molar-refractivity contribution >= 4 is 5.91 Å². The summed E-state index contributed by atoms with van der Waals surface area (Å²) >= 11 is 0. The molecule has 2 aliphatic rings. The minimum absolute atomic E-state index is 0.115. The number of benzene rings is 1. The van der Waals surface area contributed by atoms with Crippen LogP contribution in [-0.2, 0) is 17.8 Å². The van der Waals surface area contributed by atoms with Crippen molar-refractivity contribution in [3.63, 3.8) is 0 Å². The van der Waals surface area contributed by atoms with Crippen LogP contribution in [0.2, 0.25) is 0 Å². The number of rotatable bonds is 1. The fourth-order valence-electron chi connectivity index (χ4n) is 2.95. The molecule has 4 heteroatoms. The first-order chi connectivity index (χ1) is 9.13. The summed E-state index contributed by atoms with van der Waals surface area (Å²) in [5.74, 6) is 0.122. The number of nitrogens with one attached hydrogen (secondary N) is 1. The van der Waals surface area contributed by atoms with Crippen molar-refractivity contribution in [3.8, 4) is 0 Å². The third-order valence-corrected chi connectivity index (χ3v) is 3.79. The summed E-state index contributed by atoms with van der Waals surface area (Å²) in [6.45, 7) is 7.17. The van der Waals surface area contributed by atoms with Crippen molar-refractivity contribution in [2.24, 2.45) is 0 Å². The molecule has 0 radical (unpaired) electrons. The normalized spacial score (nSPS) is 26.3. The average molecular weight is 260 g/mol. The van der Waals surface area contributed by atoms with Crippen molar-refractivity contribution < 1.29 is 9.53 Å². The number of carbonyl (C=O) groups excluding carboxylic acids is 1. The summed E-state index contributed by atoms with van der Waals surface area (Å²) in [6.07, 6.45) is 0.229. The van der Waals surface area contributed by atoms with Gasteiger partial charge in [-0.25, -0.2) is 0 Å². The van der Waals surface area contributed by atoms with Crippen LogP contribution in [0.1, 0.15) is 35.3 Å². The lowest BCUT2D eigenvalue weighted by atomic mass is 10.0. The lowest BCUT2D eigenvalue weighted by molar-refractivity contribution is -0.0586. The number of nitrogens with zero attached hydrogens (tertiary/aromatic N) is 1. The third kappa shape index (κ3) is 2.51. The second-order valence-electron chi connectivity index (χ2n) is 5.55. The average Bonchev–Trinajstić information content (AvgIpc) is 2.83. The minimum atomic E-state index is 0.115. The molecule has 102 valence electrons. The Morgan fingerprint density at radius 2 is 1.89 bits per heavy atom. The first-order valence-electron chi connectivity index (χ1n) is 6.91. The number of carbonyl (C=O) groups is 1. The van der Waals surface area contributed by atoms with E-state index in [4.69, 9.17) is 4.74 Å². The smallest absolute Gasteiger partial charge is 0.254 e. The van der Waals surface area contributed by atoms with E-state index < -0.39 is 0 Å². The van der Waals surface area contributed by atoms with Gasteiger partial charge in [0.25, 0.3) is 5.91 Å². The van der Waals surface area contributed by atoms with Gasteiger partial charge in [0.2, 0.25) is 0 Å². The van der Waals surface area contributed by atoms with Gasteiger partial charge in [-0.2, -0.15) is 0 Å². The summed E-state index contributed by atoms with van der Waals surface area (Å²) in [6, 6.07) is 6.04. The fourth-order valence-corrected chi connectivity index (χ4v) is 2.95. The second-order valence-corrected chi connectivity index (χ2v) is 5.55. The molecule has 0 saturated carbocycles. The summed E-state index contributed by atoms with van der Waals surface area (Å²) in [5.41, 5.74) is 3.35. The van der Waals surface area contributed by atoms with Crippen LogP contribution < -0.4 is 5.32 Å². The molecule has 0 spiro atoms. The Kier molecular flexibility index (Phi) is 3.29. The maximum atomic E-state index is 12.5. The van der Waals surface area contributed by atoms with Gasteiger partial charge >= 0.3 is 0 Å². The molecular weight excluding hydrogens is 240 g/mol. The summed E-state index contributed by atoms with van der Waals surface area (Å²) < 4.78 is 5.67. The monoisotopic (exact) mass is 260 g/mol. The van der Waals surface area contributed by atoms with Crippen LogP contribution >= 0.6 is 0 Å². The number of fused-ring (bicyclic) bond motifs is 1. The summed E-state index contributed by atoms with van der Waals surface area (Å²) in [7, 11) is 0. The van der Waals surface area contributed by atoms with Crippen LogP contribution in [0.15, 0.2) is 18.2 Å². The number of morpholine rings is 1. The molecule has 1 N–H and O–H groups in total. The molecule has 1 aromatic carbocycles. The van der Waals surface area contributed by atoms with Gasteiger partial charge < -0.3 is 15.0 Å². The molecule has 3 rings (SSSR count). The van der Waals surface area contributed by atoms with Gasteiger partial charge in [-0.15, -0.1) is 0 Å². The van der Waals surface area contributed by atoms with Gasteiger partial charge in [-0.1, -0.05) is 6.07 Å². The molecule has 0 aromatic heterocycles. The van der Waals surface area contributed by atoms with Crippen LogP contribution in [0.4, 0.5) is 0 Å². The van der Waals surface area contributed by atoms with E-state index in [0.29, 0.717) is 13.1 Å². The standard InChI is InChI=1S/C15H20N2O2/c1-10-8-17(9-11(2)19-10)15(18)12-3-4-13-6-16-7-14(13)5-12/h3-5,10-11,16H,6-9H2,1-2H3. The topological polar surface area (TPSA) is 41.6 Å². The van der Waals surface area contributed by atoms with E-state index in [-0.39, 0.29) is 18.1 Å². The van der Waals surface area contributed by atoms with Crippen LogP contribution in [0.25, 0.3) is 0 Å². The van der Waals surface area contributed by atoms with Gasteiger partial charge in [0.05, 0.1) is 12.2 Å². The molecular formula is C15H20N2O2. The number of ether oxygens (including phenoxy) is 1. The number of hydrogen-bond donors (Lipinski definition) is 1. The van der Waals surface area contributed by atoms with E-state index in [2.05, 4.69) is 11.4 Å². The molecule has 0 bridgehead atoms. The molecule has 2 heterocycles. The highest BCUT2D eigenvalue weighted by Gasteiger charge is 2.27. The van der Waals surface area contributed by atoms with Gasteiger partial charge in [-0.3, -0.25) is 4.79 Å². The third-order valence-electron chi connectivity index (χ3n) is 3.79. The SMILES string of the molecule is CC1CN(C(=O)c2ccc3c(c2)CNC3)CC(C)O1. The van der Waals surface area contributed by atoms with Gasteiger partial charge in [0, 0.05) is 31.7 Å². The van der Waals surface area contributed by atoms with Crippen LogP contribution in [-0.4, -0.2) is 36.1 Å². The molecule has 19 heavy (non-hydrogen) atoms. The second kappa shape index (κ2) is 4.94. The summed E-state index contributed by atoms with van der Waals surface area (Å²) in [5, 5.41) is 3.30.